The van der Waals surface area contributed by atoms with Crippen molar-refractivity contribution in [3.05, 3.63) is 58.4 Å². The molecular formula is C29H37ClFN5OS. The van der Waals surface area contributed by atoms with Crippen LogP contribution in [-0.2, 0) is 11.3 Å². The van der Waals surface area contributed by atoms with Gasteiger partial charge in [0.25, 0.3) is 0 Å². The van der Waals surface area contributed by atoms with Gasteiger partial charge in [-0.2, -0.15) is 10.2 Å². The van der Waals surface area contributed by atoms with Gasteiger partial charge in [-0.05, 0) is 80.7 Å². The van der Waals surface area contributed by atoms with Crippen molar-refractivity contribution >= 4 is 46.4 Å². The van der Waals surface area contributed by atoms with Crippen LogP contribution in [0.1, 0.15) is 64.5 Å². The molecule has 0 radical (unpaired) electrons. The summed E-state index contributed by atoms with van der Waals surface area (Å²) in [6.45, 7) is 8.05. The molecule has 1 aliphatic heterocycles. The quantitative estimate of drug-likeness (QED) is 0.339. The number of hydrogen-bond donors (Lipinski definition) is 2. The highest BCUT2D eigenvalue weighted by Gasteiger charge is 2.52. The van der Waals surface area contributed by atoms with Crippen LogP contribution in [0.3, 0.4) is 0 Å². The summed E-state index contributed by atoms with van der Waals surface area (Å²) in [6, 6.07) is 10.1. The van der Waals surface area contributed by atoms with Crippen molar-refractivity contribution < 1.29 is 9.18 Å². The standard InChI is InChI=1S/C27H31ClFN5OS.C2H6/c1-15(18-9-27(10-18)11-20(30)12-27)32-33-16(2)21-7-24-25(8-22(21)29)36-14-23(31)26(35)34(24)13-17-3-5-19(28)6-4-17;1-2/h3-8,18,20,23H,9-14,30-31H2,1-2H3;1-2H3/b32-15+,33-16+;/t18?,20?,23-,27?;/m0./s1. The maximum Gasteiger partial charge on any atom is 0.245 e. The average Bonchev–Trinajstić information content (AvgIpc) is 2.97. The average molecular weight is 558 g/mol. The minimum atomic E-state index is -0.681. The minimum Gasteiger partial charge on any atom is -0.328 e. The predicted molar refractivity (Wildman–Crippen MR) is 157 cm³/mol. The van der Waals surface area contributed by atoms with Gasteiger partial charge in [-0.3, -0.25) is 4.79 Å². The van der Waals surface area contributed by atoms with Gasteiger partial charge in [-0.1, -0.05) is 37.6 Å². The van der Waals surface area contributed by atoms with Gasteiger partial charge >= 0.3 is 0 Å². The van der Waals surface area contributed by atoms with E-state index >= 15 is 4.39 Å². The van der Waals surface area contributed by atoms with E-state index < -0.39 is 11.9 Å². The van der Waals surface area contributed by atoms with E-state index in [0.29, 0.717) is 56.6 Å². The number of carbonyl (C=O) groups excluding carboxylic acids is 1. The molecule has 3 aliphatic rings. The summed E-state index contributed by atoms with van der Waals surface area (Å²) in [5.74, 6) is 0.199. The molecule has 2 saturated carbocycles. The third kappa shape index (κ3) is 5.98. The third-order valence-corrected chi connectivity index (χ3v) is 9.10. The van der Waals surface area contributed by atoms with E-state index in [-0.39, 0.29) is 5.91 Å². The molecule has 204 valence electrons. The molecule has 1 atom stereocenters. The largest absolute Gasteiger partial charge is 0.328 e. The summed E-state index contributed by atoms with van der Waals surface area (Å²) in [5.41, 5.74) is 15.8. The van der Waals surface area contributed by atoms with Crippen LogP contribution < -0.4 is 16.4 Å². The van der Waals surface area contributed by atoms with Gasteiger partial charge in [0.05, 0.1) is 24.0 Å². The zero-order valence-corrected chi connectivity index (χ0v) is 24.1. The Labute approximate surface area is 234 Å². The Bertz CT molecular complexity index is 1230. The van der Waals surface area contributed by atoms with Crippen LogP contribution >= 0.6 is 23.4 Å². The first-order chi connectivity index (χ1) is 18.1. The molecule has 2 fully saturated rings. The van der Waals surface area contributed by atoms with E-state index in [1.165, 1.54) is 17.8 Å². The van der Waals surface area contributed by atoms with Crippen LogP contribution in [0.25, 0.3) is 0 Å². The van der Waals surface area contributed by atoms with Crippen LogP contribution in [0, 0.1) is 17.2 Å². The fourth-order valence-electron chi connectivity index (χ4n) is 5.61. The topological polar surface area (TPSA) is 97.1 Å². The van der Waals surface area contributed by atoms with Crippen LogP contribution in [0.15, 0.2) is 51.5 Å². The lowest BCUT2D eigenvalue weighted by Gasteiger charge is -2.57. The van der Waals surface area contributed by atoms with Gasteiger partial charge in [-0.25, -0.2) is 4.39 Å². The van der Waals surface area contributed by atoms with E-state index in [1.54, 1.807) is 30.0 Å². The lowest BCUT2D eigenvalue weighted by atomic mass is 9.49. The molecule has 1 amide bonds. The molecule has 38 heavy (non-hydrogen) atoms. The second-order valence-corrected chi connectivity index (χ2v) is 12.0. The molecule has 5 rings (SSSR count). The summed E-state index contributed by atoms with van der Waals surface area (Å²) >= 11 is 7.41. The molecule has 0 saturated heterocycles. The number of carbonyl (C=O) groups is 1. The zero-order valence-electron chi connectivity index (χ0n) is 22.5. The molecule has 2 aromatic rings. The Balaban J connectivity index is 0.00000164. The highest BCUT2D eigenvalue weighted by Crippen LogP contribution is 2.58. The Hall–Kier alpha value is -2.26. The summed E-state index contributed by atoms with van der Waals surface area (Å²) in [5, 5.41) is 9.45. The number of hydrogen-bond acceptors (Lipinski definition) is 6. The summed E-state index contributed by atoms with van der Waals surface area (Å²) in [7, 11) is 0. The van der Waals surface area contributed by atoms with Crippen molar-refractivity contribution in [3.8, 4) is 0 Å². The molecule has 6 nitrogen and oxygen atoms in total. The molecule has 1 heterocycles. The highest BCUT2D eigenvalue weighted by atomic mass is 35.5. The zero-order chi connectivity index (χ0) is 27.6. The summed E-state index contributed by atoms with van der Waals surface area (Å²) in [4.78, 5) is 15.5. The maximum absolute atomic E-state index is 15.2. The number of nitrogens with two attached hydrogens (primary N) is 2. The van der Waals surface area contributed by atoms with Gasteiger partial charge < -0.3 is 16.4 Å². The molecule has 2 aromatic carbocycles. The number of halogens is 2. The lowest BCUT2D eigenvalue weighted by Crippen LogP contribution is -2.54. The highest BCUT2D eigenvalue weighted by molar-refractivity contribution is 7.99. The third-order valence-electron chi connectivity index (χ3n) is 7.68. The molecule has 1 spiro atoms. The molecule has 9 heteroatoms. The monoisotopic (exact) mass is 557 g/mol. The fourth-order valence-corrected chi connectivity index (χ4v) is 6.74. The molecule has 4 N–H and O–H groups in total. The van der Waals surface area contributed by atoms with Crippen LogP contribution in [0.5, 0.6) is 0 Å². The lowest BCUT2D eigenvalue weighted by molar-refractivity contribution is -0.119. The predicted octanol–water partition coefficient (Wildman–Crippen LogP) is 6.17. The second-order valence-electron chi connectivity index (χ2n) is 10.5. The Morgan fingerprint density at radius 2 is 1.76 bits per heavy atom. The Kier molecular flexibility index (Phi) is 8.97. The van der Waals surface area contributed by atoms with Crippen LogP contribution in [0.4, 0.5) is 10.1 Å². The van der Waals surface area contributed by atoms with E-state index in [9.17, 15) is 4.79 Å². The van der Waals surface area contributed by atoms with Crippen molar-refractivity contribution in [1.82, 2.24) is 0 Å². The van der Waals surface area contributed by atoms with E-state index in [4.69, 9.17) is 23.1 Å². The molecular weight excluding hydrogens is 521 g/mol. The van der Waals surface area contributed by atoms with Crippen molar-refractivity contribution in [2.75, 3.05) is 10.7 Å². The molecule has 0 bridgehead atoms. The minimum absolute atomic E-state index is 0.202. The first-order valence-corrected chi connectivity index (χ1v) is 14.6. The normalized spacial score (nSPS) is 27.1. The van der Waals surface area contributed by atoms with Gasteiger partial charge in [0.2, 0.25) is 5.91 Å². The van der Waals surface area contributed by atoms with Crippen molar-refractivity contribution in [2.24, 2.45) is 33.0 Å². The van der Waals surface area contributed by atoms with Crippen LogP contribution in [-0.4, -0.2) is 35.2 Å². The maximum atomic E-state index is 15.2. The second kappa shape index (κ2) is 11.9. The van der Waals surface area contributed by atoms with Gasteiger partial charge in [-0.15, -0.1) is 11.8 Å². The SMILES string of the molecule is C/C(=N\N=C(/C)C1CC2(CC(N)C2)C1)c1cc2c(cc1F)SC[C@H](N)C(=O)N2Cc1ccc(Cl)cc1.CC. The van der Waals surface area contributed by atoms with E-state index in [2.05, 4.69) is 10.2 Å². The van der Waals surface area contributed by atoms with E-state index in [0.717, 1.165) is 37.0 Å². The smallest absolute Gasteiger partial charge is 0.245 e. The number of thioether (sulfide) groups is 1. The van der Waals surface area contributed by atoms with Gasteiger partial charge in [0.15, 0.2) is 0 Å². The van der Waals surface area contributed by atoms with Crippen molar-refractivity contribution in [1.29, 1.82) is 0 Å². The van der Waals surface area contributed by atoms with Crippen LogP contribution in [0.2, 0.25) is 5.02 Å². The van der Waals surface area contributed by atoms with E-state index in [1.807, 2.05) is 32.9 Å². The number of anilines is 1. The Morgan fingerprint density at radius 1 is 1.11 bits per heavy atom. The molecule has 0 aromatic heterocycles. The number of fused-ring (bicyclic) bond motifs is 1. The Morgan fingerprint density at radius 3 is 2.39 bits per heavy atom. The number of nitrogens with zero attached hydrogens (tertiary/aromatic N) is 3. The summed E-state index contributed by atoms with van der Waals surface area (Å²) in [6.07, 6.45) is 4.42. The number of benzene rings is 2. The van der Waals surface area contributed by atoms with Gasteiger partial charge in [0.1, 0.15) is 5.82 Å². The summed E-state index contributed by atoms with van der Waals surface area (Å²) < 4.78 is 15.2. The fraction of sp³-hybridized carbons (Fsp3) is 0.483. The van der Waals surface area contributed by atoms with Crippen molar-refractivity contribution in [2.45, 2.75) is 76.9 Å². The van der Waals surface area contributed by atoms with Crippen molar-refractivity contribution in [3.63, 3.8) is 0 Å². The number of rotatable bonds is 5. The number of amides is 1. The molecule has 0 unspecified atom stereocenters. The first-order valence-electron chi connectivity index (χ1n) is 13.3. The first kappa shape index (κ1) is 28.7. The van der Waals surface area contributed by atoms with Gasteiger partial charge in [0, 0.05) is 33.0 Å². The molecule has 2 aliphatic carbocycles.